The van der Waals surface area contributed by atoms with Gasteiger partial charge in [0.2, 0.25) is 0 Å². The van der Waals surface area contributed by atoms with Gasteiger partial charge in [-0.15, -0.1) is 0 Å². The highest BCUT2D eigenvalue weighted by molar-refractivity contribution is 7.22. The minimum Gasteiger partial charge on any atom is -0.456 e. The van der Waals surface area contributed by atoms with Crippen LogP contribution in [-0.2, 0) is 0 Å². The highest BCUT2D eigenvalue weighted by Crippen LogP contribution is 2.35. The first kappa shape index (κ1) is 20.9. The Kier molecular flexibility index (Phi) is 5.82. The Balaban J connectivity index is 1.36. The third kappa shape index (κ3) is 4.48. The van der Waals surface area contributed by atoms with Gasteiger partial charge in [-0.25, -0.2) is 15.0 Å². The lowest BCUT2D eigenvalue weighted by molar-refractivity contribution is 0.116. The van der Waals surface area contributed by atoms with Crippen molar-refractivity contribution in [2.75, 3.05) is 11.1 Å². The van der Waals surface area contributed by atoms with Crippen molar-refractivity contribution in [2.45, 2.75) is 37.8 Å². The van der Waals surface area contributed by atoms with Gasteiger partial charge < -0.3 is 20.9 Å². The molecular weight excluding hydrogens is 446 g/mol. The lowest BCUT2D eigenvalue weighted by Crippen LogP contribution is -2.36. The number of nitrogen functional groups attached to an aromatic ring is 1. The molecule has 2 atom stereocenters. The summed E-state index contributed by atoms with van der Waals surface area (Å²) in [5, 5.41) is 14.8. The van der Waals surface area contributed by atoms with Crippen LogP contribution in [0, 0.1) is 0 Å². The molecule has 32 heavy (non-hydrogen) atoms. The fraction of sp³-hybridized carbons (Fsp3) is 0.261. The molecule has 1 aromatic carbocycles. The Hall–Kier alpha value is -2.94. The lowest BCUT2D eigenvalue weighted by Gasteiger charge is -2.27. The van der Waals surface area contributed by atoms with Gasteiger partial charge in [-0.2, -0.15) is 0 Å². The molecule has 1 aliphatic carbocycles. The van der Waals surface area contributed by atoms with Crippen LogP contribution in [-0.4, -0.2) is 32.2 Å². The van der Waals surface area contributed by atoms with Crippen molar-refractivity contribution >= 4 is 44.1 Å². The maximum atomic E-state index is 10.2. The monoisotopic (exact) mass is 467 g/mol. The number of hydrogen-bond donors (Lipinski definition) is 3. The van der Waals surface area contributed by atoms with E-state index in [0.717, 1.165) is 46.6 Å². The van der Waals surface area contributed by atoms with E-state index in [9.17, 15) is 5.11 Å². The van der Waals surface area contributed by atoms with Crippen LogP contribution in [0.1, 0.15) is 25.7 Å². The smallest absolute Gasteiger partial charge is 0.184 e. The number of anilines is 2. The minimum absolute atomic E-state index is 0.0569. The Morgan fingerprint density at radius 3 is 2.75 bits per heavy atom. The Bertz CT molecular complexity index is 1250. The predicted molar refractivity (Wildman–Crippen MR) is 128 cm³/mol. The van der Waals surface area contributed by atoms with Crippen molar-refractivity contribution in [3.05, 3.63) is 53.9 Å². The number of aromatic nitrogens is 3. The van der Waals surface area contributed by atoms with Gasteiger partial charge in [-0.1, -0.05) is 35.8 Å². The van der Waals surface area contributed by atoms with Gasteiger partial charge in [0.25, 0.3) is 0 Å². The zero-order chi connectivity index (χ0) is 22.1. The second kappa shape index (κ2) is 8.90. The third-order valence-corrected chi connectivity index (χ3v) is 6.80. The molecule has 3 aromatic heterocycles. The molecule has 7 nitrogen and oxygen atoms in total. The number of nitrogens with two attached hydrogens (primary N) is 1. The molecule has 0 spiro atoms. The molecular formula is C23H22ClN5O2S. The largest absolute Gasteiger partial charge is 0.456 e. The molecule has 5 rings (SSSR count). The van der Waals surface area contributed by atoms with Crippen LogP contribution in [0.25, 0.3) is 21.3 Å². The maximum Gasteiger partial charge on any atom is 0.184 e. The van der Waals surface area contributed by atoms with E-state index in [1.54, 1.807) is 29.8 Å². The van der Waals surface area contributed by atoms with Crippen LogP contribution < -0.4 is 15.8 Å². The number of benzene rings is 1. The molecule has 0 saturated heterocycles. The average Bonchev–Trinajstić information content (AvgIpc) is 3.19. The number of nitrogens with one attached hydrogen (secondary N) is 1. The van der Waals surface area contributed by atoms with Crippen molar-refractivity contribution in [3.63, 3.8) is 0 Å². The minimum atomic E-state index is -0.322. The van der Waals surface area contributed by atoms with Crippen molar-refractivity contribution in [1.29, 1.82) is 0 Å². The summed E-state index contributed by atoms with van der Waals surface area (Å²) in [5.74, 6) is 1.68. The molecule has 1 fully saturated rings. The van der Waals surface area contributed by atoms with Crippen LogP contribution in [0.4, 0.5) is 10.9 Å². The van der Waals surface area contributed by atoms with Gasteiger partial charge >= 0.3 is 0 Å². The summed E-state index contributed by atoms with van der Waals surface area (Å²) in [6.07, 6.45) is 6.92. The standard InChI is InChI=1S/C23H22ClN5O2S/c24-22-16(13-5-8-21(25)26-11-13)9-15(12-27-22)31-14-6-7-18-20(10-14)32-23(29-18)28-17-3-1-2-4-19(17)30/h5-12,17,19,30H,1-4H2,(H2,25,26)(H,28,29)/t17-,19-/m1/s1. The number of pyridine rings is 2. The highest BCUT2D eigenvalue weighted by Gasteiger charge is 2.23. The summed E-state index contributed by atoms with van der Waals surface area (Å²) in [7, 11) is 0. The van der Waals surface area contributed by atoms with Crippen LogP contribution in [0.15, 0.2) is 48.8 Å². The molecule has 3 heterocycles. The molecule has 4 N–H and O–H groups in total. The van der Waals surface area contributed by atoms with Crippen LogP contribution in [0.2, 0.25) is 5.15 Å². The fourth-order valence-electron chi connectivity index (χ4n) is 3.86. The van der Waals surface area contributed by atoms with Gasteiger partial charge in [0.05, 0.1) is 28.6 Å². The fourth-order valence-corrected chi connectivity index (χ4v) is 5.02. The molecule has 0 unspecified atom stereocenters. The second-order valence-electron chi connectivity index (χ2n) is 7.83. The second-order valence-corrected chi connectivity index (χ2v) is 9.22. The number of rotatable bonds is 5. The molecule has 0 bridgehead atoms. The van der Waals surface area contributed by atoms with E-state index < -0.39 is 0 Å². The van der Waals surface area contributed by atoms with Gasteiger partial charge in [0.15, 0.2) is 5.13 Å². The Labute approximate surface area is 194 Å². The number of fused-ring (bicyclic) bond motifs is 1. The summed E-state index contributed by atoms with van der Waals surface area (Å²) >= 11 is 7.84. The van der Waals surface area contributed by atoms with Gasteiger partial charge in [0.1, 0.15) is 22.5 Å². The van der Waals surface area contributed by atoms with E-state index in [4.69, 9.17) is 22.1 Å². The SMILES string of the molecule is Nc1ccc(-c2cc(Oc3ccc4nc(N[C@@H]5CCCC[C@H]5O)sc4c3)cnc2Cl)cn1. The van der Waals surface area contributed by atoms with Crippen molar-refractivity contribution in [3.8, 4) is 22.6 Å². The number of halogens is 1. The number of hydrogen-bond acceptors (Lipinski definition) is 8. The zero-order valence-electron chi connectivity index (χ0n) is 17.2. The van der Waals surface area contributed by atoms with Gasteiger partial charge in [-0.05, 0) is 43.2 Å². The van der Waals surface area contributed by atoms with Crippen LogP contribution in [0.5, 0.6) is 11.5 Å². The third-order valence-electron chi connectivity index (χ3n) is 5.55. The quantitative estimate of drug-likeness (QED) is 0.333. The molecule has 0 radical (unpaired) electrons. The first-order chi connectivity index (χ1) is 15.5. The van der Waals surface area contributed by atoms with Crippen molar-refractivity contribution in [1.82, 2.24) is 15.0 Å². The first-order valence-electron chi connectivity index (χ1n) is 10.5. The topological polar surface area (TPSA) is 106 Å². The summed E-state index contributed by atoms with van der Waals surface area (Å²) < 4.78 is 7.06. The molecule has 9 heteroatoms. The summed E-state index contributed by atoms with van der Waals surface area (Å²) in [5.41, 5.74) is 8.08. The average molecular weight is 468 g/mol. The lowest BCUT2D eigenvalue weighted by atomic mass is 9.93. The van der Waals surface area contributed by atoms with Crippen LogP contribution in [0.3, 0.4) is 0 Å². The van der Waals surface area contributed by atoms with E-state index in [1.165, 1.54) is 0 Å². The predicted octanol–water partition coefficient (Wildman–Crippen LogP) is 5.50. The number of thiazole rings is 1. The molecule has 0 amide bonds. The van der Waals surface area contributed by atoms with E-state index in [2.05, 4.69) is 20.3 Å². The van der Waals surface area contributed by atoms with E-state index >= 15 is 0 Å². The maximum absolute atomic E-state index is 10.2. The highest BCUT2D eigenvalue weighted by atomic mass is 35.5. The van der Waals surface area contributed by atoms with Crippen LogP contribution >= 0.6 is 22.9 Å². The normalized spacial score (nSPS) is 18.6. The van der Waals surface area contributed by atoms with Gasteiger partial charge in [-0.3, -0.25) is 0 Å². The molecule has 4 aromatic rings. The summed E-state index contributed by atoms with van der Waals surface area (Å²) in [4.78, 5) is 13.0. The summed E-state index contributed by atoms with van der Waals surface area (Å²) in [6, 6.07) is 11.2. The Morgan fingerprint density at radius 1 is 1.06 bits per heavy atom. The van der Waals surface area contributed by atoms with E-state index in [-0.39, 0.29) is 12.1 Å². The number of aliphatic hydroxyl groups excluding tert-OH is 1. The first-order valence-corrected chi connectivity index (χ1v) is 11.6. The van der Waals surface area contributed by atoms with Crippen molar-refractivity contribution < 1.29 is 9.84 Å². The van der Waals surface area contributed by atoms with Gasteiger partial charge in [0, 0.05) is 23.4 Å². The molecule has 1 saturated carbocycles. The van der Waals surface area contributed by atoms with E-state index in [0.29, 0.717) is 28.0 Å². The molecule has 164 valence electrons. The summed E-state index contributed by atoms with van der Waals surface area (Å²) in [6.45, 7) is 0. The van der Waals surface area contributed by atoms with Crippen molar-refractivity contribution in [2.24, 2.45) is 0 Å². The number of ether oxygens (including phenoxy) is 1. The number of nitrogens with zero attached hydrogens (tertiary/aromatic N) is 3. The van der Waals surface area contributed by atoms with E-state index in [1.807, 2.05) is 30.3 Å². The Morgan fingerprint density at radius 2 is 1.94 bits per heavy atom. The molecule has 0 aliphatic heterocycles. The number of aliphatic hydroxyl groups is 1. The molecule has 1 aliphatic rings. The zero-order valence-corrected chi connectivity index (χ0v) is 18.7.